The highest BCUT2D eigenvalue weighted by Crippen LogP contribution is 2.40. The quantitative estimate of drug-likeness (QED) is 0.896. The van der Waals surface area contributed by atoms with Gasteiger partial charge in [-0.2, -0.15) is 5.10 Å². The summed E-state index contributed by atoms with van der Waals surface area (Å²) in [5, 5.41) is 9.89. The number of rotatable bonds is 4. The molecule has 2 aromatic rings. The first-order valence-electron chi connectivity index (χ1n) is 7.32. The minimum atomic E-state index is -0.239. The van der Waals surface area contributed by atoms with Crippen molar-refractivity contribution in [3.63, 3.8) is 0 Å². The lowest BCUT2D eigenvalue weighted by atomic mass is 9.83. The highest BCUT2D eigenvalue weighted by Gasteiger charge is 2.31. The van der Waals surface area contributed by atoms with Crippen LogP contribution in [0.1, 0.15) is 44.9 Å². The van der Waals surface area contributed by atoms with Crippen LogP contribution in [-0.2, 0) is 0 Å². The van der Waals surface area contributed by atoms with E-state index in [2.05, 4.69) is 27.4 Å². The second kappa shape index (κ2) is 4.92. The zero-order valence-electron chi connectivity index (χ0n) is 12.1. The lowest BCUT2D eigenvalue weighted by molar-refractivity contribution is 0.306. The summed E-state index contributed by atoms with van der Waals surface area (Å²) in [4.78, 5) is 16.0. The molecule has 0 bridgehead atoms. The van der Waals surface area contributed by atoms with E-state index in [-0.39, 0.29) is 5.69 Å². The Bertz CT molecular complexity index is 666. The number of fused-ring (bicyclic) bond motifs is 1. The Balaban J connectivity index is 1.82. The van der Waals surface area contributed by atoms with Gasteiger partial charge in [-0.05, 0) is 31.6 Å². The molecule has 1 aliphatic rings. The summed E-state index contributed by atoms with van der Waals surface area (Å²) in [6.45, 7) is 5.03. The Hall–Kier alpha value is -1.85. The van der Waals surface area contributed by atoms with Gasteiger partial charge in [-0.3, -0.25) is 0 Å². The van der Waals surface area contributed by atoms with Gasteiger partial charge in [0.25, 0.3) is 0 Å². The first-order valence-corrected chi connectivity index (χ1v) is 7.32. The van der Waals surface area contributed by atoms with E-state index >= 15 is 0 Å². The van der Waals surface area contributed by atoms with Gasteiger partial charge < -0.3 is 5.32 Å². The van der Waals surface area contributed by atoms with Crippen molar-refractivity contribution in [3.05, 3.63) is 22.4 Å². The summed E-state index contributed by atoms with van der Waals surface area (Å²) in [6.07, 6.45) is 6.44. The fourth-order valence-electron chi connectivity index (χ4n) is 3.25. The summed E-state index contributed by atoms with van der Waals surface area (Å²) in [7, 11) is 0. The molecule has 108 valence electrons. The predicted molar refractivity (Wildman–Crippen MR) is 78.0 cm³/mol. The molecule has 6 heteroatoms. The van der Waals surface area contributed by atoms with Crippen molar-refractivity contribution in [2.45, 2.75) is 46.0 Å². The third-order valence-electron chi connectivity index (χ3n) is 4.63. The Kier molecular flexibility index (Phi) is 3.23. The maximum atomic E-state index is 11.6. The van der Waals surface area contributed by atoms with Crippen molar-refractivity contribution in [2.24, 2.45) is 5.41 Å². The standard InChI is InChI=1S/C14H21N5O/c1-3-14(6-4-5-7-14)9-15-11-8-12-17-18-13(20)19(12)10(2)16-11/h8,15H,3-7,9H2,1-2H3,(H,18,20). The van der Waals surface area contributed by atoms with Gasteiger partial charge in [0.2, 0.25) is 0 Å². The highest BCUT2D eigenvalue weighted by molar-refractivity contribution is 5.49. The molecule has 3 rings (SSSR count). The molecule has 20 heavy (non-hydrogen) atoms. The maximum Gasteiger partial charge on any atom is 0.349 e. The van der Waals surface area contributed by atoms with Gasteiger partial charge in [-0.1, -0.05) is 19.8 Å². The van der Waals surface area contributed by atoms with E-state index in [1.807, 2.05) is 13.0 Å². The average molecular weight is 275 g/mol. The minimum absolute atomic E-state index is 0.239. The first kappa shape index (κ1) is 13.1. The molecule has 0 spiro atoms. The van der Waals surface area contributed by atoms with Crippen LogP contribution in [0.4, 0.5) is 5.82 Å². The van der Waals surface area contributed by atoms with Crippen molar-refractivity contribution in [3.8, 4) is 0 Å². The molecule has 0 atom stereocenters. The van der Waals surface area contributed by atoms with E-state index in [1.165, 1.54) is 36.5 Å². The van der Waals surface area contributed by atoms with Crippen LogP contribution in [0.25, 0.3) is 5.65 Å². The topological polar surface area (TPSA) is 75.1 Å². The molecular weight excluding hydrogens is 254 g/mol. The van der Waals surface area contributed by atoms with Crippen molar-refractivity contribution < 1.29 is 0 Å². The fraction of sp³-hybridized carbons (Fsp3) is 0.643. The van der Waals surface area contributed by atoms with Crippen molar-refractivity contribution in [1.82, 2.24) is 19.6 Å². The number of H-pyrrole nitrogens is 1. The Labute approximate surface area is 117 Å². The van der Waals surface area contributed by atoms with Crippen LogP contribution in [0.5, 0.6) is 0 Å². The predicted octanol–water partition coefficient (Wildman–Crippen LogP) is 2.11. The summed E-state index contributed by atoms with van der Waals surface area (Å²) in [5.41, 5.74) is 0.784. The van der Waals surface area contributed by atoms with Gasteiger partial charge >= 0.3 is 5.69 Å². The van der Waals surface area contributed by atoms with Gasteiger partial charge in [-0.15, -0.1) is 0 Å². The third kappa shape index (κ3) is 2.19. The molecule has 1 aliphatic carbocycles. The number of hydrogen-bond donors (Lipinski definition) is 2. The molecule has 0 aliphatic heterocycles. The number of hydrogen-bond acceptors (Lipinski definition) is 4. The summed E-state index contributed by atoms with van der Waals surface area (Å²) in [6, 6.07) is 1.82. The normalized spacial score (nSPS) is 17.7. The van der Waals surface area contributed by atoms with Gasteiger partial charge in [0.15, 0.2) is 5.65 Å². The van der Waals surface area contributed by atoms with Crippen LogP contribution in [0.2, 0.25) is 0 Å². The SMILES string of the molecule is CCC1(CNc2cc3n[nH]c(=O)n3c(C)n2)CCCC1. The number of anilines is 1. The zero-order chi connectivity index (χ0) is 14.2. The smallest absolute Gasteiger partial charge is 0.349 e. The number of nitrogens with zero attached hydrogens (tertiary/aromatic N) is 3. The van der Waals surface area contributed by atoms with Crippen LogP contribution in [0, 0.1) is 12.3 Å². The largest absolute Gasteiger partial charge is 0.369 e. The minimum Gasteiger partial charge on any atom is -0.369 e. The number of aromatic amines is 1. The molecule has 2 N–H and O–H groups in total. The Morgan fingerprint density at radius 1 is 1.45 bits per heavy atom. The molecule has 0 aromatic carbocycles. The van der Waals surface area contributed by atoms with Crippen molar-refractivity contribution in [2.75, 3.05) is 11.9 Å². The van der Waals surface area contributed by atoms with E-state index in [1.54, 1.807) is 0 Å². The number of nitrogens with one attached hydrogen (secondary N) is 2. The molecule has 0 unspecified atom stereocenters. The van der Waals surface area contributed by atoms with E-state index in [4.69, 9.17) is 0 Å². The molecule has 1 saturated carbocycles. The molecular formula is C14H21N5O. The Morgan fingerprint density at radius 3 is 2.90 bits per heavy atom. The van der Waals surface area contributed by atoms with Crippen LogP contribution >= 0.6 is 0 Å². The molecule has 0 saturated heterocycles. The van der Waals surface area contributed by atoms with Crippen molar-refractivity contribution in [1.29, 1.82) is 0 Å². The van der Waals surface area contributed by atoms with Gasteiger partial charge in [-0.25, -0.2) is 19.3 Å². The Morgan fingerprint density at radius 2 is 2.20 bits per heavy atom. The van der Waals surface area contributed by atoms with Crippen LogP contribution < -0.4 is 11.0 Å². The molecule has 0 radical (unpaired) electrons. The lowest BCUT2D eigenvalue weighted by Crippen LogP contribution is -2.26. The maximum absolute atomic E-state index is 11.6. The van der Waals surface area contributed by atoms with Crippen LogP contribution in [-0.4, -0.2) is 26.1 Å². The third-order valence-corrected chi connectivity index (χ3v) is 4.63. The van der Waals surface area contributed by atoms with E-state index < -0.39 is 0 Å². The highest BCUT2D eigenvalue weighted by atomic mass is 16.1. The van der Waals surface area contributed by atoms with Crippen LogP contribution in [0.3, 0.4) is 0 Å². The summed E-state index contributed by atoms with van der Waals surface area (Å²) in [5.74, 6) is 1.45. The summed E-state index contributed by atoms with van der Waals surface area (Å²) < 4.78 is 1.48. The molecule has 2 heterocycles. The van der Waals surface area contributed by atoms with Gasteiger partial charge in [0.05, 0.1) is 0 Å². The number of aryl methyl sites for hydroxylation is 1. The molecule has 2 aromatic heterocycles. The average Bonchev–Trinajstić information content (AvgIpc) is 3.05. The molecule has 1 fully saturated rings. The lowest BCUT2D eigenvalue weighted by Gasteiger charge is -2.28. The zero-order valence-corrected chi connectivity index (χ0v) is 12.1. The number of aromatic nitrogens is 4. The van der Waals surface area contributed by atoms with E-state index in [9.17, 15) is 4.79 Å². The molecule has 6 nitrogen and oxygen atoms in total. The monoisotopic (exact) mass is 275 g/mol. The molecule has 0 amide bonds. The van der Waals surface area contributed by atoms with Crippen LogP contribution in [0.15, 0.2) is 10.9 Å². The second-order valence-electron chi connectivity index (χ2n) is 5.83. The fourth-order valence-corrected chi connectivity index (χ4v) is 3.25. The van der Waals surface area contributed by atoms with Crippen molar-refractivity contribution >= 4 is 11.5 Å². The van der Waals surface area contributed by atoms with E-state index in [0.717, 1.165) is 12.4 Å². The van der Waals surface area contributed by atoms with Gasteiger partial charge in [0, 0.05) is 12.6 Å². The van der Waals surface area contributed by atoms with Gasteiger partial charge in [0.1, 0.15) is 11.6 Å². The second-order valence-corrected chi connectivity index (χ2v) is 5.83. The summed E-state index contributed by atoms with van der Waals surface area (Å²) >= 11 is 0. The first-order chi connectivity index (χ1) is 9.63. The van der Waals surface area contributed by atoms with E-state index in [0.29, 0.717) is 16.9 Å².